The number of nitrogens with zero attached hydrogens (tertiary/aromatic N) is 1. The molecule has 2 aliphatic rings. The van der Waals surface area contributed by atoms with Crippen LogP contribution in [0.5, 0.6) is 0 Å². The lowest BCUT2D eigenvalue weighted by molar-refractivity contribution is -0.133. The summed E-state index contributed by atoms with van der Waals surface area (Å²) < 4.78 is 0. The molecule has 4 heteroatoms. The van der Waals surface area contributed by atoms with E-state index in [9.17, 15) is 4.79 Å². The van der Waals surface area contributed by atoms with E-state index < -0.39 is 0 Å². The number of fused-ring (bicyclic) bond motifs is 1. The molecule has 128 valence electrons. The first-order chi connectivity index (χ1) is 10.6. The number of hydrogen-bond acceptors (Lipinski definition) is 2. The Bertz CT molecular complexity index is 526. The topological polar surface area (TPSA) is 46.3 Å². The molecule has 1 fully saturated rings. The Morgan fingerprint density at radius 1 is 1.13 bits per heavy atom. The van der Waals surface area contributed by atoms with E-state index in [4.69, 9.17) is 5.73 Å². The van der Waals surface area contributed by atoms with Crippen molar-refractivity contribution in [2.24, 2.45) is 11.7 Å². The van der Waals surface area contributed by atoms with E-state index in [-0.39, 0.29) is 12.4 Å². The van der Waals surface area contributed by atoms with Crippen molar-refractivity contribution in [2.75, 3.05) is 7.05 Å². The maximum atomic E-state index is 12.6. The van der Waals surface area contributed by atoms with Gasteiger partial charge in [0.2, 0.25) is 5.91 Å². The number of aryl methyl sites for hydroxylation is 1. The highest BCUT2D eigenvalue weighted by molar-refractivity contribution is 5.85. The van der Waals surface area contributed by atoms with Crippen LogP contribution in [-0.2, 0) is 17.6 Å². The van der Waals surface area contributed by atoms with E-state index >= 15 is 0 Å². The van der Waals surface area contributed by atoms with E-state index in [0.717, 1.165) is 44.9 Å². The van der Waals surface area contributed by atoms with Crippen molar-refractivity contribution < 1.29 is 4.79 Å². The second kappa shape index (κ2) is 8.16. The van der Waals surface area contributed by atoms with Gasteiger partial charge in [-0.25, -0.2) is 0 Å². The van der Waals surface area contributed by atoms with Gasteiger partial charge in [0.1, 0.15) is 0 Å². The fourth-order valence-corrected chi connectivity index (χ4v) is 4.03. The minimum atomic E-state index is 0. The molecule has 0 aromatic heterocycles. The van der Waals surface area contributed by atoms with Gasteiger partial charge in [0, 0.05) is 25.6 Å². The summed E-state index contributed by atoms with van der Waals surface area (Å²) >= 11 is 0. The van der Waals surface area contributed by atoms with Gasteiger partial charge in [-0.05, 0) is 62.0 Å². The lowest BCUT2D eigenvalue weighted by atomic mass is 9.82. The molecule has 0 aliphatic heterocycles. The van der Waals surface area contributed by atoms with Gasteiger partial charge in [0.15, 0.2) is 0 Å². The second-order valence-corrected chi connectivity index (χ2v) is 7.15. The van der Waals surface area contributed by atoms with E-state index in [2.05, 4.69) is 24.3 Å². The van der Waals surface area contributed by atoms with E-state index in [1.807, 2.05) is 11.9 Å². The summed E-state index contributed by atoms with van der Waals surface area (Å²) in [5.41, 5.74) is 8.88. The average molecular weight is 337 g/mol. The first-order valence-corrected chi connectivity index (χ1v) is 8.71. The molecule has 0 saturated heterocycles. The number of amides is 1. The molecule has 1 unspecified atom stereocenters. The summed E-state index contributed by atoms with van der Waals surface area (Å²) in [6.45, 7) is 0. The van der Waals surface area contributed by atoms with Crippen molar-refractivity contribution in [3.05, 3.63) is 35.4 Å². The van der Waals surface area contributed by atoms with Crippen molar-refractivity contribution in [3.8, 4) is 0 Å². The SMILES string of the molecule is CN(C(=O)CC1CCc2ccccc2C1)C1CCC(N)CC1.Cl. The zero-order valence-corrected chi connectivity index (χ0v) is 14.9. The van der Waals surface area contributed by atoms with Crippen LogP contribution in [0.15, 0.2) is 24.3 Å². The number of benzene rings is 1. The van der Waals surface area contributed by atoms with Gasteiger partial charge in [-0.15, -0.1) is 12.4 Å². The highest BCUT2D eigenvalue weighted by Crippen LogP contribution is 2.29. The maximum absolute atomic E-state index is 12.6. The number of carbonyl (C=O) groups excluding carboxylic acids is 1. The number of halogens is 1. The number of hydrogen-bond donors (Lipinski definition) is 1. The van der Waals surface area contributed by atoms with E-state index in [0.29, 0.717) is 30.3 Å². The molecule has 3 nitrogen and oxygen atoms in total. The van der Waals surface area contributed by atoms with Gasteiger partial charge < -0.3 is 10.6 Å². The molecule has 1 aromatic rings. The lowest BCUT2D eigenvalue weighted by Gasteiger charge is -2.34. The molecule has 0 bridgehead atoms. The first-order valence-electron chi connectivity index (χ1n) is 8.71. The maximum Gasteiger partial charge on any atom is 0.222 e. The summed E-state index contributed by atoms with van der Waals surface area (Å²) in [5, 5.41) is 0. The van der Waals surface area contributed by atoms with Crippen LogP contribution < -0.4 is 5.73 Å². The van der Waals surface area contributed by atoms with Crippen LogP contribution in [0.1, 0.15) is 49.7 Å². The summed E-state index contributed by atoms with van der Waals surface area (Å²) in [6.07, 6.45) is 8.27. The van der Waals surface area contributed by atoms with Crippen LogP contribution in [0.2, 0.25) is 0 Å². The van der Waals surface area contributed by atoms with Crippen LogP contribution in [0.4, 0.5) is 0 Å². The number of nitrogens with two attached hydrogens (primary N) is 1. The first kappa shape index (κ1) is 18.3. The van der Waals surface area contributed by atoms with Crippen molar-refractivity contribution in [3.63, 3.8) is 0 Å². The second-order valence-electron chi connectivity index (χ2n) is 7.15. The molecule has 1 atom stereocenters. The average Bonchev–Trinajstić information content (AvgIpc) is 2.55. The monoisotopic (exact) mass is 336 g/mol. The molecule has 1 aromatic carbocycles. The zero-order valence-electron chi connectivity index (χ0n) is 14.0. The lowest BCUT2D eigenvalue weighted by Crippen LogP contribution is -2.42. The predicted molar refractivity (Wildman–Crippen MR) is 96.8 cm³/mol. The molecule has 0 spiro atoms. The van der Waals surface area contributed by atoms with Crippen LogP contribution in [0.25, 0.3) is 0 Å². The van der Waals surface area contributed by atoms with Gasteiger partial charge in [-0.2, -0.15) is 0 Å². The number of carbonyl (C=O) groups is 1. The van der Waals surface area contributed by atoms with Crippen molar-refractivity contribution >= 4 is 18.3 Å². The smallest absolute Gasteiger partial charge is 0.222 e. The Morgan fingerprint density at radius 2 is 1.78 bits per heavy atom. The van der Waals surface area contributed by atoms with Gasteiger partial charge in [0.25, 0.3) is 0 Å². The van der Waals surface area contributed by atoms with Gasteiger partial charge in [0.05, 0.1) is 0 Å². The molecule has 3 rings (SSSR count). The standard InChI is InChI=1S/C19H28N2O.ClH/c1-21(18-10-8-17(20)9-11-18)19(22)13-14-6-7-15-4-2-3-5-16(15)12-14;/h2-5,14,17-18H,6-13,20H2,1H3;1H. The molecular formula is C19H29ClN2O. The normalized spacial score (nSPS) is 26.8. The van der Waals surface area contributed by atoms with Crippen molar-refractivity contribution in [1.82, 2.24) is 4.90 Å². The molecule has 0 radical (unpaired) electrons. The van der Waals surface area contributed by atoms with Crippen LogP contribution in [0.3, 0.4) is 0 Å². The fourth-order valence-electron chi connectivity index (χ4n) is 4.03. The Labute approximate surface area is 146 Å². The molecule has 2 N–H and O–H groups in total. The van der Waals surface area contributed by atoms with Crippen molar-refractivity contribution in [1.29, 1.82) is 0 Å². The third kappa shape index (κ3) is 4.48. The molecule has 23 heavy (non-hydrogen) atoms. The highest BCUT2D eigenvalue weighted by atomic mass is 35.5. The van der Waals surface area contributed by atoms with Gasteiger partial charge in [-0.3, -0.25) is 4.79 Å². The van der Waals surface area contributed by atoms with Crippen LogP contribution >= 0.6 is 12.4 Å². The Balaban J connectivity index is 0.00000192. The molecule has 1 amide bonds. The summed E-state index contributed by atoms with van der Waals surface area (Å²) in [7, 11) is 1.99. The van der Waals surface area contributed by atoms with Gasteiger partial charge in [-0.1, -0.05) is 24.3 Å². The quantitative estimate of drug-likeness (QED) is 0.920. The summed E-state index contributed by atoms with van der Waals surface area (Å²) in [4.78, 5) is 14.6. The van der Waals surface area contributed by atoms with Gasteiger partial charge >= 0.3 is 0 Å². The van der Waals surface area contributed by atoms with Crippen LogP contribution in [-0.4, -0.2) is 29.9 Å². The van der Waals surface area contributed by atoms with Crippen LogP contribution in [0, 0.1) is 5.92 Å². The minimum absolute atomic E-state index is 0. The molecule has 2 aliphatic carbocycles. The summed E-state index contributed by atoms with van der Waals surface area (Å²) in [5.74, 6) is 0.834. The Morgan fingerprint density at radius 3 is 2.48 bits per heavy atom. The summed E-state index contributed by atoms with van der Waals surface area (Å²) in [6, 6.07) is 9.42. The Kier molecular flexibility index (Phi) is 6.49. The molecule has 0 heterocycles. The van der Waals surface area contributed by atoms with E-state index in [1.165, 1.54) is 11.1 Å². The minimum Gasteiger partial charge on any atom is -0.343 e. The third-order valence-electron chi connectivity index (χ3n) is 5.59. The highest BCUT2D eigenvalue weighted by Gasteiger charge is 2.27. The van der Waals surface area contributed by atoms with Crippen molar-refractivity contribution in [2.45, 2.75) is 63.5 Å². The van der Waals surface area contributed by atoms with E-state index in [1.54, 1.807) is 0 Å². The Hall–Kier alpha value is -1.06. The zero-order chi connectivity index (χ0) is 15.5. The fraction of sp³-hybridized carbons (Fsp3) is 0.632. The third-order valence-corrected chi connectivity index (χ3v) is 5.59. The predicted octanol–water partition coefficient (Wildman–Crippen LogP) is 3.33. The molecule has 1 saturated carbocycles. The number of rotatable bonds is 3. The largest absolute Gasteiger partial charge is 0.343 e. The molecular weight excluding hydrogens is 308 g/mol.